The molecule has 1 aromatic rings. The molecular formula is C21H29N3O6. The van der Waals surface area contributed by atoms with Gasteiger partial charge < -0.3 is 15.3 Å². The number of likely N-dealkylation sites (tertiary alicyclic amines) is 1. The Morgan fingerprint density at radius 3 is 2.33 bits per heavy atom. The minimum atomic E-state index is -1.16. The third-order valence-electron chi connectivity index (χ3n) is 5.21. The topological polar surface area (TPSA) is 136 Å². The number of nitrogens with one attached hydrogen (secondary N) is 2. The molecule has 1 saturated heterocycles. The molecule has 0 saturated carbocycles. The Kier molecular flexibility index (Phi) is 9.27. The number of aliphatic carboxylic acids is 1. The van der Waals surface area contributed by atoms with Crippen LogP contribution in [0.2, 0.25) is 0 Å². The van der Waals surface area contributed by atoms with Crippen LogP contribution in [-0.4, -0.2) is 51.5 Å². The first-order valence-electron chi connectivity index (χ1n) is 10.2. The van der Waals surface area contributed by atoms with Crippen LogP contribution in [0.1, 0.15) is 63.0 Å². The number of hydrogen-bond acceptors (Lipinski definition) is 5. The molecule has 1 aromatic carbocycles. The fourth-order valence-electron chi connectivity index (χ4n) is 3.62. The second kappa shape index (κ2) is 11.9. The summed E-state index contributed by atoms with van der Waals surface area (Å²) < 4.78 is 0. The number of carbonyl (C=O) groups is 4. The van der Waals surface area contributed by atoms with Gasteiger partial charge in [0, 0.05) is 19.4 Å². The van der Waals surface area contributed by atoms with Crippen LogP contribution in [0.25, 0.3) is 0 Å². The van der Waals surface area contributed by atoms with E-state index < -0.39 is 29.9 Å². The Bertz CT molecular complexity index is 740. The monoisotopic (exact) mass is 419 g/mol. The van der Waals surface area contributed by atoms with Gasteiger partial charge in [-0.3, -0.25) is 19.6 Å². The van der Waals surface area contributed by atoms with Crippen LogP contribution in [0.4, 0.5) is 0 Å². The van der Waals surface area contributed by atoms with Crippen molar-refractivity contribution in [3.63, 3.8) is 0 Å². The van der Waals surface area contributed by atoms with Crippen molar-refractivity contribution in [3.8, 4) is 0 Å². The van der Waals surface area contributed by atoms with Gasteiger partial charge in [0.2, 0.25) is 17.7 Å². The molecule has 1 heterocycles. The molecule has 0 aromatic heterocycles. The zero-order chi connectivity index (χ0) is 21.9. The highest BCUT2D eigenvalue weighted by atomic mass is 16.5. The first-order chi connectivity index (χ1) is 14.4. The molecule has 2 unspecified atom stereocenters. The van der Waals surface area contributed by atoms with Gasteiger partial charge in [0.05, 0.1) is 0 Å². The van der Waals surface area contributed by atoms with Crippen LogP contribution in [0, 0.1) is 0 Å². The largest absolute Gasteiger partial charge is 0.479 e. The van der Waals surface area contributed by atoms with Gasteiger partial charge in [-0.25, -0.2) is 10.3 Å². The van der Waals surface area contributed by atoms with Crippen molar-refractivity contribution in [1.82, 2.24) is 15.7 Å². The molecule has 1 fully saturated rings. The number of rotatable bonds is 11. The molecule has 0 bridgehead atoms. The molecule has 0 spiro atoms. The zero-order valence-electron chi connectivity index (χ0n) is 16.9. The second-order valence-corrected chi connectivity index (χ2v) is 7.38. The molecule has 164 valence electrons. The van der Waals surface area contributed by atoms with Crippen LogP contribution < -0.4 is 10.8 Å². The molecule has 30 heavy (non-hydrogen) atoms. The minimum Gasteiger partial charge on any atom is -0.479 e. The van der Waals surface area contributed by atoms with Gasteiger partial charge in [-0.2, -0.15) is 0 Å². The maximum absolute atomic E-state index is 12.7. The third-order valence-corrected chi connectivity index (χ3v) is 5.21. The van der Waals surface area contributed by atoms with Gasteiger partial charge in [-0.05, 0) is 31.2 Å². The lowest BCUT2D eigenvalue weighted by molar-refractivity contribution is -0.144. The Morgan fingerprint density at radius 1 is 1.03 bits per heavy atom. The number of nitrogens with zero attached hydrogens (tertiary/aromatic N) is 1. The number of hydrogen-bond donors (Lipinski definition) is 4. The van der Waals surface area contributed by atoms with Crippen molar-refractivity contribution in [2.75, 3.05) is 6.54 Å². The summed E-state index contributed by atoms with van der Waals surface area (Å²) in [6, 6.07) is 6.65. The standard InChI is InChI=1S/C21H29N3O6/c25-17(23-30)12-6-1-2-7-13-18(26)24-14-8-11-16(24)20(27)22-19(21(28)29)15-9-4-3-5-10-15/h3-5,9-10,16,19,30H,1-2,6-8,11-14H2,(H,22,27)(H,23,25)(H,28,29). The van der Waals surface area contributed by atoms with Crippen LogP contribution in [0.5, 0.6) is 0 Å². The first kappa shape index (κ1) is 23.3. The summed E-state index contributed by atoms with van der Waals surface area (Å²) in [5, 5.41) is 20.5. The van der Waals surface area contributed by atoms with Crippen molar-refractivity contribution >= 4 is 23.7 Å². The smallest absolute Gasteiger partial charge is 0.330 e. The predicted molar refractivity (Wildman–Crippen MR) is 107 cm³/mol. The molecular weight excluding hydrogens is 390 g/mol. The maximum Gasteiger partial charge on any atom is 0.330 e. The molecule has 0 aliphatic carbocycles. The lowest BCUT2D eigenvalue weighted by atomic mass is 10.1. The van der Waals surface area contributed by atoms with Gasteiger partial charge in [0.1, 0.15) is 6.04 Å². The Morgan fingerprint density at radius 2 is 1.70 bits per heavy atom. The summed E-state index contributed by atoms with van der Waals surface area (Å²) in [5.74, 6) is -2.15. The van der Waals surface area contributed by atoms with E-state index in [0.29, 0.717) is 44.2 Å². The number of benzene rings is 1. The number of unbranched alkanes of at least 4 members (excludes halogenated alkanes) is 3. The number of amides is 3. The Balaban J connectivity index is 1.83. The van der Waals surface area contributed by atoms with Gasteiger partial charge in [0.15, 0.2) is 6.04 Å². The summed E-state index contributed by atoms with van der Waals surface area (Å²) in [7, 11) is 0. The minimum absolute atomic E-state index is 0.118. The predicted octanol–water partition coefficient (Wildman–Crippen LogP) is 1.77. The molecule has 2 atom stereocenters. The fraction of sp³-hybridized carbons (Fsp3) is 0.524. The molecule has 1 aliphatic heterocycles. The van der Waals surface area contributed by atoms with Gasteiger partial charge >= 0.3 is 5.97 Å². The van der Waals surface area contributed by atoms with E-state index in [1.807, 2.05) is 0 Å². The van der Waals surface area contributed by atoms with Crippen molar-refractivity contribution in [1.29, 1.82) is 0 Å². The molecule has 4 N–H and O–H groups in total. The van der Waals surface area contributed by atoms with E-state index in [-0.39, 0.29) is 12.3 Å². The molecule has 0 radical (unpaired) electrons. The molecule has 1 aliphatic rings. The summed E-state index contributed by atoms with van der Waals surface area (Å²) in [5.41, 5.74) is 2.06. The van der Waals surface area contributed by atoms with E-state index in [1.54, 1.807) is 40.7 Å². The van der Waals surface area contributed by atoms with Crippen LogP contribution in [0.3, 0.4) is 0 Å². The molecule has 2 rings (SSSR count). The first-order valence-corrected chi connectivity index (χ1v) is 10.2. The summed E-state index contributed by atoms with van der Waals surface area (Å²) in [6.07, 6.45) is 4.56. The molecule has 9 nitrogen and oxygen atoms in total. The Hall–Kier alpha value is -2.94. The number of carboxylic acid groups (broad SMARTS) is 1. The summed E-state index contributed by atoms with van der Waals surface area (Å²) in [4.78, 5) is 49.4. The van der Waals surface area contributed by atoms with E-state index in [1.165, 1.54) is 0 Å². The van der Waals surface area contributed by atoms with Crippen molar-refractivity contribution < 1.29 is 29.5 Å². The van der Waals surface area contributed by atoms with Gasteiger partial charge in [0.25, 0.3) is 0 Å². The maximum atomic E-state index is 12.7. The quantitative estimate of drug-likeness (QED) is 0.245. The van der Waals surface area contributed by atoms with Gasteiger partial charge in [-0.1, -0.05) is 43.2 Å². The van der Waals surface area contributed by atoms with Crippen molar-refractivity contribution in [2.45, 2.75) is 63.5 Å². The fourth-order valence-corrected chi connectivity index (χ4v) is 3.62. The lowest BCUT2D eigenvalue weighted by Gasteiger charge is -2.25. The zero-order valence-corrected chi connectivity index (χ0v) is 16.9. The summed E-state index contributed by atoms with van der Waals surface area (Å²) in [6.45, 7) is 0.483. The SMILES string of the molecule is O=C(CCCCCCC(=O)N1CCCC1C(=O)NC(C(=O)O)c1ccccc1)NO. The van der Waals surface area contributed by atoms with E-state index in [9.17, 15) is 24.3 Å². The average Bonchev–Trinajstić information content (AvgIpc) is 3.24. The van der Waals surface area contributed by atoms with E-state index in [2.05, 4.69) is 5.32 Å². The van der Waals surface area contributed by atoms with Gasteiger partial charge in [-0.15, -0.1) is 0 Å². The highest BCUT2D eigenvalue weighted by molar-refractivity contribution is 5.91. The summed E-state index contributed by atoms with van der Waals surface area (Å²) >= 11 is 0. The van der Waals surface area contributed by atoms with Crippen LogP contribution >= 0.6 is 0 Å². The highest BCUT2D eigenvalue weighted by Crippen LogP contribution is 2.21. The highest BCUT2D eigenvalue weighted by Gasteiger charge is 2.35. The average molecular weight is 419 g/mol. The normalized spacial score (nSPS) is 16.7. The second-order valence-electron chi connectivity index (χ2n) is 7.38. The lowest BCUT2D eigenvalue weighted by Crippen LogP contribution is -2.48. The van der Waals surface area contributed by atoms with E-state index in [0.717, 1.165) is 12.8 Å². The number of carbonyl (C=O) groups excluding carboxylic acids is 3. The van der Waals surface area contributed by atoms with Crippen LogP contribution in [0.15, 0.2) is 30.3 Å². The van der Waals surface area contributed by atoms with Crippen LogP contribution in [-0.2, 0) is 19.2 Å². The number of hydroxylamine groups is 1. The molecule has 9 heteroatoms. The number of carboxylic acids is 1. The Labute approximate surface area is 175 Å². The molecule has 3 amide bonds. The van der Waals surface area contributed by atoms with Crippen molar-refractivity contribution in [3.05, 3.63) is 35.9 Å². The van der Waals surface area contributed by atoms with E-state index >= 15 is 0 Å². The third kappa shape index (κ3) is 6.84. The van der Waals surface area contributed by atoms with Crippen molar-refractivity contribution in [2.24, 2.45) is 0 Å². The van der Waals surface area contributed by atoms with E-state index in [4.69, 9.17) is 5.21 Å².